The van der Waals surface area contributed by atoms with Crippen LogP contribution in [-0.2, 0) is 10.0 Å². The lowest BCUT2D eigenvalue weighted by Crippen LogP contribution is -2.25. The van der Waals surface area contributed by atoms with Gasteiger partial charge in [-0.05, 0) is 49.9 Å². The van der Waals surface area contributed by atoms with Gasteiger partial charge in [-0.3, -0.25) is 0 Å². The first-order chi connectivity index (χ1) is 9.53. The highest BCUT2D eigenvalue weighted by molar-refractivity contribution is 7.89. The average Bonchev–Trinajstić information content (AvgIpc) is 3.33. The summed E-state index contributed by atoms with van der Waals surface area (Å²) in [6.07, 6.45) is 3.97. The van der Waals surface area contributed by atoms with Gasteiger partial charge in [-0.25, -0.2) is 13.1 Å². The lowest BCUT2D eigenvalue weighted by molar-refractivity contribution is 0.220. The van der Waals surface area contributed by atoms with Crippen molar-refractivity contribution >= 4 is 15.7 Å². The van der Waals surface area contributed by atoms with Crippen molar-refractivity contribution in [3.05, 3.63) is 24.3 Å². The van der Waals surface area contributed by atoms with Crippen LogP contribution in [-0.4, -0.2) is 32.7 Å². The molecule has 3 rings (SSSR count). The van der Waals surface area contributed by atoms with Gasteiger partial charge < -0.3 is 10.4 Å². The molecule has 0 bridgehead atoms. The Bertz CT molecular complexity index is 575. The third-order valence-electron chi connectivity index (χ3n) is 4.02. The molecule has 0 unspecified atom stereocenters. The molecule has 5 nitrogen and oxygen atoms in total. The standard InChI is InChI=1S/C14H20N2O3S/c17-10-14(7-8-14)9-15-11-3-5-13(6-4-11)20(18,19)16-12-1-2-12/h3-6,12,15-17H,1-2,7-10H2. The van der Waals surface area contributed by atoms with Crippen molar-refractivity contribution in [1.82, 2.24) is 4.72 Å². The van der Waals surface area contributed by atoms with Gasteiger partial charge in [-0.2, -0.15) is 0 Å². The molecular weight excluding hydrogens is 276 g/mol. The zero-order valence-electron chi connectivity index (χ0n) is 11.3. The van der Waals surface area contributed by atoms with Crippen LogP contribution in [0.5, 0.6) is 0 Å². The van der Waals surface area contributed by atoms with Crippen molar-refractivity contribution in [2.75, 3.05) is 18.5 Å². The third kappa shape index (κ3) is 3.13. The van der Waals surface area contributed by atoms with E-state index in [-0.39, 0.29) is 18.1 Å². The molecule has 1 aromatic rings. The first-order valence-electron chi connectivity index (χ1n) is 7.00. The Kier molecular flexibility index (Phi) is 3.48. The molecule has 2 aliphatic carbocycles. The molecular formula is C14H20N2O3S. The number of aliphatic hydroxyl groups excluding tert-OH is 1. The average molecular weight is 296 g/mol. The molecule has 2 saturated carbocycles. The number of aliphatic hydroxyl groups is 1. The molecule has 1 aromatic carbocycles. The molecule has 0 spiro atoms. The van der Waals surface area contributed by atoms with Gasteiger partial charge in [-0.1, -0.05) is 0 Å². The largest absolute Gasteiger partial charge is 0.396 e. The Balaban J connectivity index is 1.62. The van der Waals surface area contributed by atoms with Crippen molar-refractivity contribution in [2.45, 2.75) is 36.6 Å². The summed E-state index contributed by atoms with van der Waals surface area (Å²) < 4.78 is 26.7. The van der Waals surface area contributed by atoms with Gasteiger partial charge in [0.05, 0.1) is 11.5 Å². The third-order valence-corrected chi connectivity index (χ3v) is 5.56. The maximum absolute atomic E-state index is 12.0. The maximum atomic E-state index is 12.0. The summed E-state index contributed by atoms with van der Waals surface area (Å²) in [4.78, 5) is 0.304. The fourth-order valence-corrected chi connectivity index (χ4v) is 3.40. The Hall–Kier alpha value is -1.11. The molecule has 0 radical (unpaired) electrons. The van der Waals surface area contributed by atoms with Gasteiger partial charge >= 0.3 is 0 Å². The Labute approximate surface area is 119 Å². The van der Waals surface area contributed by atoms with Gasteiger partial charge in [0, 0.05) is 23.7 Å². The number of hydrogen-bond acceptors (Lipinski definition) is 4. The topological polar surface area (TPSA) is 78.4 Å². The lowest BCUT2D eigenvalue weighted by Gasteiger charge is -2.14. The lowest BCUT2D eigenvalue weighted by atomic mass is 10.1. The number of sulfonamides is 1. The molecule has 2 aliphatic rings. The van der Waals surface area contributed by atoms with Crippen molar-refractivity contribution in [3.8, 4) is 0 Å². The monoisotopic (exact) mass is 296 g/mol. The zero-order chi connectivity index (χ0) is 14.2. The van der Waals surface area contributed by atoms with E-state index in [9.17, 15) is 13.5 Å². The minimum absolute atomic E-state index is 0.0400. The van der Waals surface area contributed by atoms with Gasteiger partial charge in [0.25, 0.3) is 0 Å². The second-order valence-electron chi connectivity index (χ2n) is 5.93. The number of benzene rings is 1. The first kappa shape index (κ1) is 13.9. The highest BCUT2D eigenvalue weighted by atomic mass is 32.2. The van der Waals surface area contributed by atoms with Gasteiger partial charge in [0.15, 0.2) is 0 Å². The Morgan fingerprint density at radius 3 is 2.35 bits per heavy atom. The second-order valence-corrected chi connectivity index (χ2v) is 7.65. The summed E-state index contributed by atoms with van der Waals surface area (Å²) in [5.41, 5.74) is 0.924. The van der Waals surface area contributed by atoms with Crippen LogP contribution in [0.25, 0.3) is 0 Å². The van der Waals surface area contributed by atoms with Crippen LogP contribution in [0.1, 0.15) is 25.7 Å². The Morgan fingerprint density at radius 2 is 1.85 bits per heavy atom. The van der Waals surface area contributed by atoms with Gasteiger partial charge in [0.2, 0.25) is 10.0 Å². The highest BCUT2D eigenvalue weighted by Gasteiger charge is 2.41. The van der Waals surface area contributed by atoms with E-state index in [1.807, 2.05) is 0 Å². The van der Waals surface area contributed by atoms with E-state index in [2.05, 4.69) is 10.0 Å². The maximum Gasteiger partial charge on any atom is 0.240 e. The van der Waals surface area contributed by atoms with Crippen molar-refractivity contribution < 1.29 is 13.5 Å². The summed E-state index contributed by atoms with van der Waals surface area (Å²) >= 11 is 0. The predicted molar refractivity (Wildman–Crippen MR) is 77.0 cm³/mol. The number of anilines is 1. The van der Waals surface area contributed by atoms with Crippen LogP contribution in [0, 0.1) is 5.41 Å². The molecule has 3 N–H and O–H groups in total. The molecule has 0 aromatic heterocycles. The Morgan fingerprint density at radius 1 is 1.20 bits per heavy atom. The number of hydrogen-bond donors (Lipinski definition) is 3. The van der Waals surface area contributed by atoms with E-state index in [1.54, 1.807) is 24.3 Å². The van der Waals surface area contributed by atoms with E-state index in [1.165, 1.54) is 0 Å². The summed E-state index contributed by atoms with van der Waals surface area (Å²) in [7, 11) is -3.37. The molecule has 0 aliphatic heterocycles. The van der Waals surface area contributed by atoms with E-state index in [4.69, 9.17) is 0 Å². The molecule has 0 saturated heterocycles. The van der Waals surface area contributed by atoms with Crippen LogP contribution < -0.4 is 10.0 Å². The molecule has 0 amide bonds. The summed E-state index contributed by atoms with van der Waals surface area (Å²) in [6, 6.07) is 6.90. The fraction of sp³-hybridized carbons (Fsp3) is 0.571. The summed E-state index contributed by atoms with van der Waals surface area (Å²) in [6.45, 7) is 0.938. The van der Waals surface area contributed by atoms with Crippen LogP contribution in [0.3, 0.4) is 0 Å². The number of rotatable bonds is 7. The molecule has 110 valence electrons. The van der Waals surface area contributed by atoms with Crippen molar-refractivity contribution in [3.63, 3.8) is 0 Å². The zero-order valence-corrected chi connectivity index (χ0v) is 12.1. The molecule has 2 fully saturated rings. The van der Waals surface area contributed by atoms with Gasteiger partial charge in [0.1, 0.15) is 0 Å². The summed E-state index contributed by atoms with van der Waals surface area (Å²) in [5, 5.41) is 12.5. The normalized spacial score (nSPS) is 20.6. The van der Waals surface area contributed by atoms with Crippen molar-refractivity contribution in [2.24, 2.45) is 5.41 Å². The van der Waals surface area contributed by atoms with E-state index >= 15 is 0 Å². The molecule has 0 heterocycles. The first-order valence-corrected chi connectivity index (χ1v) is 8.49. The van der Waals surface area contributed by atoms with Crippen molar-refractivity contribution in [1.29, 1.82) is 0 Å². The van der Waals surface area contributed by atoms with Crippen LogP contribution >= 0.6 is 0 Å². The minimum atomic E-state index is -3.37. The van der Waals surface area contributed by atoms with E-state index in [0.717, 1.165) is 37.9 Å². The predicted octanol–water partition coefficient (Wildman–Crippen LogP) is 1.31. The fourth-order valence-electron chi connectivity index (χ4n) is 2.10. The van der Waals surface area contributed by atoms with E-state index in [0.29, 0.717) is 4.90 Å². The van der Waals surface area contributed by atoms with Crippen LogP contribution in [0.4, 0.5) is 5.69 Å². The second kappa shape index (κ2) is 5.02. The summed E-state index contributed by atoms with van der Waals surface area (Å²) in [5.74, 6) is 0. The SMILES string of the molecule is O=S(=O)(NC1CC1)c1ccc(NCC2(CO)CC2)cc1. The number of nitrogens with one attached hydrogen (secondary N) is 2. The van der Waals surface area contributed by atoms with E-state index < -0.39 is 10.0 Å². The molecule has 0 atom stereocenters. The molecule has 20 heavy (non-hydrogen) atoms. The highest BCUT2D eigenvalue weighted by Crippen LogP contribution is 2.44. The van der Waals surface area contributed by atoms with Crippen LogP contribution in [0.15, 0.2) is 29.2 Å². The molecule has 6 heteroatoms. The quantitative estimate of drug-likeness (QED) is 0.709. The minimum Gasteiger partial charge on any atom is -0.396 e. The van der Waals surface area contributed by atoms with Gasteiger partial charge in [-0.15, -0.1) is 0 Å². The van der Waals surface area contributed by atoms with Crippen LogP contribution in [0.2, 0.25) is 0 Å². The smallest absolute Gasteiger partial charge is 0.240 e.